The molecule has 0 spiro atoms. The van der Waals surface area contributed by atoms with Crippen molar-refractivity contribution in [3.63, 3.8) is 0 Å². The summed E-state index contributed by atoms with van der Waals surface area (Å²) in [7, 11) is 0. The van der Waals surface area contributed by atoms with Crippen LogP contribution in [0.3, 0.4) is 0 Å². The van der Waals surface area contributed by atoms with Crippen LogP contribution in [-0.4, -0.2) is 20.6 Å². The Kier molecular flexibility index (Phi) is 5.16. The largest absolute Gasteiger partial charge is 0.444 e. The fourth-order valence-corrected chi connectivity index (χ4v) is 5.19. The molecule has 0 fully saturated rings. The number of benzene rings is 2. The van der Waals surface area contributed by atoms with Gasteiger partial charge in [-0.05, 0) is 55.7 Å². The zero-order valence-corrected chi connectivity index (χ0v) is 18.8. The Balaban J connectivity index is 1.26. The summed E-state index contributed by atoms with van der Waals surface area (Å²) >= 11 is 7.47. The summed E-state index contributed by atoms with van der Waals surface area (Å²) in [5.41, 5.74) is 5.80. The van der Waals surface area contributed by atoms with E-state index in [-0.39, 0.29) is 6.61 Å². The number of hydrogen-bond acceptors (Lipinski definition) is 5. The molecule has 1 N–H and O–H groups in total. The van der Waals surface area contributed by atoms with Crippen molar-refractivity contribution in [2.75, 3.05) is 5.32 Å². The smallest absolute Gasteiger partial charge is 0.412 e. The van der Waals surface area contributed by atoms with Gasteiger partial charge in [-0.2, -0.15) is 0 Å². The van der Waals surface area contributed by atoms with Crippen LogP contribution in [-0.2, 0) is 24.3 Å². The molecule has 6 nitrogen and oxygen atoms in total. The average molecular weight is 453 g/mol. The van der Waals surface area contributed by atoms with Crippen molar-refractivity contribution in [3.05, 3.63) is 64.1 Å². The lowest BCUT2D eigenvalue weighted by atomic mass is 10.1. The summed E-state index contributed by atoms with van der Waals surface area (Å²) in [5.74, 6) is 1.14. The minimum absolute atomic E-state index is 0.185. The standard InChI is InChI=1S/C23H21ClN4O2S/c1-13-10-16(24)6-7-17(13)22-25-14(2)21(31-22)27-23(29)30-12-15-5-8-19-18(11-15)26-20-4-3-9-28(19)20/h5-8,10-11H,3-4,9,12H2,1-2H3,(H,27,29). The van der Waals surface area contributed by atoms with E-state index in [1.807, 2.05) is 44.2 Å². The first-order valence-electron chi connectivity index (χ1n) is 10.1. The van der Waals surface area contributed by atoms with Crippen LogP contribution in [0.1, 0.15) is 29.1 Å². The van der Waals surface area contributed by atoms with Crippen molar-refractivity contribution in [3.8, 4) is 10.6 Å². The number of ether oxygens (including phenoxy) is 1. The predicted molar refractivity (Wildman–Crippen MR) is 124 cm³/mol. The van der Waals surface area contributed by atoms with Gasteiger partial charge >= 0.3 is 6.09 Å². The number of rotatable bonds is 4. The highest BCUT2D eigenvalue weighted by Gasteiger charge is 2.17. The number of nitrogens with one attached hydrogen (secondary N) is 1. The molecule has 0 saturated carbocycles. The molecule has 158 valence electrons. The van der Waals surface area contributed by atoms with Gasteiger partial charge in [0.15, 0.2) is 0 Å². The highest BCUT2D eigenvalue weighted by atomic mass is 35.5. The molecule has 31 heavy (non-hydrogen) atoms. The Hall–Kier alpha value is -2.90. The number of anilines is 1. The zero-order valence-electron chi connectivity index (χ0n) is 17.2. The first-order chi connectivity index (χ1) is 15.0. The van der Waals surface area contributed by atoms with Crippen LogP contribution >= 0.6 is 22.9 Å². The van der Waals surface area contributed by atoms with Crippen LogP contribution in [0, 0.1) is 13.8 Å². The summed E-state index contributed by atoms with van der Waals surface area (Å²) in [6, 6.07) is 11.7. The zero-order chi connectivity index (χ0) is 21.5. The highest BCUT2D eigenvalue weighted by molar-refractivity contribution is 7.19. The van der Waals surface area contributed by atoms with Crippen LogP contribution in [0.5, 0.6) is 0 Å². The lowest BCUT2D eigenvalue weighted by molar-refractivity contribution is 0.155. The quantitative estimate of drug-likeness (QED) is 0.404. The molecule has 3 heterocycles. The van der Waals surface area contributed by atoms with Crippen LogP contribution in [0.4, 0.5) is 9.80 Å². The molecule has 0 atom stereocenters. The minimum atomic E-state index is -0.501. The summed E-state index contributed by atoms with van der Waals surface area (Å²) in [6.45, 7) is 5.07. The number of carbonyl (C=O) groups is 1. The van der Waals surface area contributed by atoms with Crippen molar-refractivity contribution in [1.82, 2.24) is 14.5 Å². The van der Waals surface area contributed by atoms with E-state index in [0.29, 0.717) is 10.0 Å². The highest BCUT2D eigenvalue weighted by Crippen LogP contribution is 2.34. The van der Waals surface area contributed by atoms with E-state index in [0.717, 1.165) is 63.6 Å². The van der Waals surface area contributed by atoms with E-state index in [1.54, 1.807) is 0 Å². The topological polar surface area (TPSA) is 69.0 Å². The normalized spacial score (nSPS) is 12.9. The number of amides is 1. The molecular formula is C23H21ClN4O2S. The van der Waals surface area contributed by atoms with Gasteiger partial charge in [0.2, 0.25) is 0 Å². The van der Waals surface area contributed by atoms with Crippen molar-refractivity contribution < 1.29 is 9.53 Å². The summed E-state index contributed by atoms with van der Waals surface area (Å²) in [5, 5.41) is 5.02. The van der Waals surface area contributed by atoms with E-state index in [9.17, 15) is 4.79 Å². The Morgan fingerprint density at radius 2 is 2.10 bits per heavy atom. The number of hydrogen-bond donors (Lipinski definition) is 1. The molecule has 4 aromatic rings. The number of aryl methyl sites for hydroxylation is 4. The molecule has 1 aliphatic rings. The number of imidazole rings is 1. The van der Waals surface area contributed by atoms with Gasteiger partial charge in [0.25, 0.3) is 0 Å². The molecular weight excluding hydrogens is 432 g/mol. The van der Waals surface area contributed by atoms with Crippen LogP contribution in [0.15, 0.2) is 36.4 Å². The SMILES string of the molecule is Cc1cc(Cl)ccc1-c1nc(C)c(NC(=O)OCc2ccc3c(c2)nc2n3CCC2)s1. The number of halogens is 1. The minimum Gasteiger partial charge on any atom is -0.444 e. The van der Waals surface area contributed by atoms with E-state index in [4.69, 9.17) is 21.3 Å². The summed E-state index contributed by atoms with van der Waals surface area (Å²) < 4.78 is 7.71. The Morgan fingerprint density at radius 3 is 2.94 bits per heavy atom. The molecule has 0 aliphatic carbocycles. The van der Waals surface area contributed by atoms with E-state index in [2.05, 4.69) is 20.9 Å². The first kappa shape index (κ1) is 20.0. The van der Waals surface area contributed by atoms with Crippen molar-refractivity contribution in [2.24, 2.45) is 0 Å². The number of carbonyl (C=O) groups excluding carboxylic acids is 1. The monoisotopic (exact) mass is 452 g/mol. The third kappa shape index (κ3) is 3.91. The maximum atomic E-state index is 12.4. The van der Waals surface area contributed by atoms with Gasteiger partial charge in [-0.15, -0.1) is 0 Å². The number of thiazole rings is 1. The fraction of sp³-hybridized carbons (Fsp3) is 0.261. The molecule has 0 saturated heterocycles. The lowest BCUT2D eigenvalue weighted by Gasteiger charge is -2.06. The second-order valence-corrected chi connectivity index (χ2v) is 9.14. The van der Waals surface area contributed by atoms with Gasteiger partial charge in [0.05, 0.1) is 16.7 Å². The average Bonchev–Trinajstić information content (AvgIpc) is 3.41. The molecule has 0 radical (unpaired) electrons. The molecule has 2 aromatic carbocycles. The van der Waals surface area contributed by atoms with Crippen LogP contribution in [0.2, 0.25) is 5.02 Å². The predicted octanol–water partition coefficient (Wildman–Crippen LogP) is 6.12. The molecule has 0 bridgehead atoms. The van der Waals surface area contributed by atoms with Gasteiger partial charge in [0, 0.05) is 23.6 Å². The van der Waals surface area contributed by atoms with Gasteiger partial charge in [0.1, 0.15) is 22.4 Å². The Labute approximate surface area is 188 Å². The fourth-order valence-electron chi connectivity index (χ4n) is 3.92. The molecule has 1 amide bonds. The number of aromatic nitrogens is 3. The van der Waals surface area contributed by atoms with Gasteiger partial charge < -0.3 is 9.30 Å². The van der Waals surface area contributed by atoms with Gasteiger partial charge in [-0.1, -0.05) is 35.1 Å². The van der Waals surface area contributed by atoms with E-state index < -0.39 is 6.09 Å². The second kappa shape index (κ2) is 7.98. The van der Waals surface area contributed by atoms with Crippen molar-refractivity contribution in [2.45, 2.75) is 39.8 Å². The van der Waals surface area contributed by atoms with Gasteiger partial charge in [-0.3, -0.25) is 5.32 Å². The molecule has 2 aromatic heterocycles. The third-order valence-electron chi connectivity index (χ3n) is 5.47. The van der Waals surface area contributed by atoms with Crippen LogP contribution < -0.4 is 5.32 Å². The number of fused-ring (bicyclic) bond motifs is 3. The van der Waals surface area contributed by atoms with Crippen LogP contribution in [0.25, 0.3) is 21.6 Å². The second-order valence-electron chi connectivity index (χ2n) is 7.70. The molecule has 1 aliphatic heterocycles. The first-order valence-corrected chi connectivity index (χ1v) is 11.3. The van der Waals surface area contributed by atoms with Crippen molar-refractivity contribution in [1.29, 1.82) is 0 Å². The molecule has 5 rings (SSSR count). The van der Waals surface area contributed by atoms with E-state index >= 15 is 0 Å². The van der Waals surface area contributed by atoms with Crippen molar-refractivity contribution >= 4 is 45.1 Å². The molecule has 0 unspecified atom stereocenters. The Bertz CT molecular complexity index is 1310. The third-order valence-corrected chi connectivity index (χ3v) is 6.82. The van der Waals surface area contributed by atoms with E-state index in [1.165, 1.54) is 11.3 Å². The maximum absolute atomic E-state index is 12.4. The molecule has 8 heteroatoms. The summed E-state index contributed by atoms with van der Waals surface area (Å²) in [4.78, 5) is 21.7. The summed E-state index contributed by atoms with van der Waals surface area (Å²) in [6.07, 6.45) is 1.67. The number of nitrogens with zero attached hydrogens (tertiary/aromatic N) is 3. The van der Waals surface area contributed by atoms with Gasteiger partial charge in [-0.25, -0.2) is 14.8 Å². The lowest BCUT2D eigenvalue weighted by Crippen LogP contribution is -2.13. The Morgan fingerprint density at radius 1 is 1.23 bits per heavy atom. The maximum Gasteiger partial charge on any atom is 0.412 e.